The lowest BCUT2D eigenvalue weighted by molar-refractivity contribution is 0.272. The maximum absolute atomic E-state index is 4.58. The maximum Gasteiger partial charge on any atom is 0.0543 e. The van der Waals surface area contributed by atoms with Crippen molar-refractivity contribution in [3.63, 3.8) is 0 Å². The van der Waals surface area contributed by atoms with Gasteiger partial charge in [0.25, 0.3) is 0 Å². The molecule has 1 fully saturated rings. The number of benzene rings is 2. The van der Waals surface area contributed by atoms with Crippen LogP contribution in [0.4, 0.5) is 5.69 Å². The van der Waals surface area contributed by atoms with Crippen LogP contribution in [0.15, 0.2) is 64.2 Å². The van der Waals surface area contributed by atoms with E-state index in [2.05, 4.69) is 73.4 Å². The van der Waals surface area contributed by atoms with Crippen molar-refractivity contribution in [3.05, 3.63) is 64.6 Å². The van der Waals surface area contributed by atoms with E-state index >= 15 is 0 Å². The van der Waals surface area contributed by atoms with Gasteiger partial charge in [0.15, 0.2) is 0 Å². The molecule has 1 aliphatic heterocycles. The van der Waals surface area contributed by atoms with Crippen LogP contribution in [0.1, 0.15) is 5.56 Å². The summed E-state index contributed by atoms with van der Waals surface area (Å²) in [4.78, 5) is 2.41. The SMILES string of the molecule is Brc1cccc(/C=N/N2CCN(c3ccccc3)CC2)c1. The molecule has 0 aromatic heterocycles. The van der Waals surface area contributed by atoms with E-state index in [1.807, 2.05) is 18.3 Å². The van der Waals surface area contributed by atoms with Crippen LogP contribution < -0.4 is 4.90 Å². The normalized spacial score (nSPS) is 15.7. The zero-order valence-corrected chi connectivity index (χ0v) is 13.4. The number of nitrogens with zero attached hydrogens (tertiary/aromatic N) is 3. The largest absolute Gasteiger partial charge is 0.368 e. The molecule has 2 aromatic carbocycles. The van der Waals surface area contributed by atoms with Gasteiger partial charge in [0.05, 0.1) is 19.3 Å². The molecular formula is C17H18BrN3. The van der Waals surface area contributed by atoms with Crippen molar-refractivity contribution in [2.45, 2.75) is 0 Å². The molecular weight excluding hydrogens is 326 g/mol. The smallest absolute Gasteiger partial charge is 0.0543 e. The Bertz CT molecular complexity index is 604. The summed E-state index contributed by atoms with van der Waals surface area (Å²) in [6, 6.07) is 18.8. The minimum absolute atomic E-state index is 0.958. The fourth-order valence-electron chi connectivity index (χ4n) is 2.44. The number of para-hydroxylation sites is 1. The van der Waals surface area contributed by atoms with Crippen LogP contribution >= 0.6 is 15.9 Å². The maximum atomic E-state index is 4.58. The average molecular weight is 344 g/mol. The summed E-state index contributed by atoms with van der Waals surface area (Å²) >= 11 is 3.48. The molecule has 1 saturated heterocycles. The van der Waals surface area contributed by atoms with Gasteiger partial charge in [-0.05, 0) is 29.8 Å². The Morgan fingerprint density at radius 3 is 2.38 bits per heavy atom. The van der Waals surface area contributed by atoms with E-state index < -0.39 is 0 Å². The minimum atomic E-state index is 0.958. The van der Waals surface area contributed by atoms with E-state index in [9.17, 15) is 0 Å². The molecule has 3 nitrogen and oxygen atoms in total. The first kappa shape index (κ1) is 14.1. The predicted molar refractivity (Wildman–Crippen MR) is 92.0 cm³/mol. The van der Waals surface area contributed by atoms with E-state index in [1.54, 1.807) is 0 Å². The van der Waals surface area contributed by atoms with Gasteiger partial charge in [-0.1, -0.05) is 46.3 Å². The molecule has 0 atom stereocenters. The van der Waals surface area contributed by atoms with Crippen LogP contribution in [-0.2, 0) is 0 Å². The highest BCUT2D eigenvalue weighted by atomic mass is 79.9. The van der Waals surface area contributed by atoms with Crippen molar-refractivity contribution >= 4 is 27.8 Å². The van der Waals surface area contributed by atoms with E-state index in [1.165, 1.54) is 5.69 Å². The fourth-order valence-corrected chi connectivity index (χ4v) is 2.86. The highest BCUT2D eigenvalue weighted by Crippen LogP contribution is 2.15. The number of rotatable bonds is 3. The Morgan fingerprint density at radius 2 is 1.67 bits per heavy atom. The molecule has 0 unspecified atom stereocenters. The van der Waals surface area contributed by atoms with Gasteiger partial charge in [-0.25, -0.2) is 0 Å². The second-order valence-electron chi connectivity index (χ2n) is 5.08. The van der Waals surface area contributed by atoms with Gasteiger partial charge in [0.2, 0.25) is 0 Å². The summed E-state index contributed by atoms with van der Waals surface area (Å²) < 4.78 is 1.08. The molecule has 0 spiro atoms. The molecule has 0 bridgehead atoms. The van der Waals surface area contributed by atoms with E-state index in [0.29, 0.717) is 0 Å². The molecule has 21 heavy (non-hydrogen) atoms. The zero-order valence-electron chi connectivity index (χ0n) is 11.8. The number of anilines is 1. The van der Waals surface area contributed by atoms with Crippen molar-refractivity contribution in [3.8, 4) is 0 Å². The lowest BCUT2D eigenvalue weighted by atomic mass is 10.2. The Labute approximate surface area is 134 Å². The Balaban J connectivity index is 1.56. The van der Waals surface area contributed by atoms with Gasteiger partial charge >= 0.3 is 0 Å². The third kappa shape index (κ3) is 3.85. The van der Waals surface area contributed by atoms with Crippen LogP contribution in [-0.4, -0.2) is 37.4 Å². The first-order chi connectivity index (χ1) is 10.3. The molecule has 0 aliphatic carbocycles. The lowest BCUT2D eigenvalue weighted by Gasteiger charge is -2.34. The first-order valence-corrected chi connectivity index (χ1v) is 7.95. The molecule has 0 N–H and O–H groups in total. The van der Waals surface area contributed by atoms with E-state index in [0.717, 1.165) is 36.2 Å². The average Bonchev–Trinajstić information content (AvgIpc) is 2.54. The highest BCUT2D eigenvalue weighted by molar-refractivity contribution is 9.10. The second-order valence-corrected chi connectivity index (χ2v) is 5.99. The number of hydrazone groups is 1. The van der Waals surface area contributed by atoms with Gasteiger partial charge < -0.3 is 4.90 Å². The third-order valence-corrected chi connectivity index (χ3v) is 4.09. The molecule has 4 heteroatoms. The van der Waals surface area contributed by atoms with Gasteiger partial charge in [-0.3, -0.25) is 5.01 Å². The van der Waals surface area contributed by atoms with Gasteiger partial charge in [0, 0.05) is 23.2 Å². The number of piperazine rings is 1. The summed E-state index contributed by atoms with van der Waals surface area (Å²) in [5.41, 5.74) is 2.42. The van der Waals surface area contributed by atoms with Crippen molar-refractivity contribution < 1.29 is 0 Å². The van der Waals surface area contributed by atoms with Gasteiger partial charge in [-0.2, -0.15) is 5.10 Å². The molecule has 3 rings (SSSR count). The molecule has 0 amide bonds. The molecule has 2 aromatic rings. The van der Waals surface area contributed by atoms with Crippen molar-refractivity contribution in [2.75, 3.05) is 31.1 Å². The predicted octanol–water partition coefficient (Wildman–Crippen LogP) is 3.61. The molecule has 1 heterocycles. The van der Waals surface area contributed by atoms with Crippen molar-refractivity contribution in [1.82, 2.24) is 5.01 Å². The fraction of sp³-hybridized carbons (Fsp3) is 0.235. The summed E-state index contributed by atoms with van der Waals surface area (Å²) in [5.74, 6) is 0. The Hall–Kier alpha value is -1.81. The van der Waals surface area contributed by atoms with Crippen LogP contribution in [0.25, 0.3) is 0 Å². The Kier molecular flexibility index (Phi) is 4.55. The van der Waals surface area contributed by atoms with Crippen molar-refractivity contribution in [1.29, 1.82) is 0 Å². The second kappa shape index (κ2) is 6.76. The summed E-state index contributed by atoms with van der Waals surface area (Å²) in [6.45, 7) is 3.94. The molecule has 108 valence electrons. The van der Waals surface area contributed by atoms with Gasteiger partial charge in [-0.15, -0.1) is 0 Å². The number of hydrogen-bond donors (Lipinski definition) is 0. The zero-order chi connectivity index (χ0) is 14.5. The quantitative estimate of drug-likeness (QED) is 0.793. The van der Waals surface area contributed by atoms with Crippen molar-refractivity contribution in [2.24, 2.45) is 5.10 Å². The molecule has 0 radical (unpaired) electrons. The van der Waals surface area contributed by atoms with Crippen LogP contribution in [0.2, 0.25) is 0 Å². The first-order valence-electron chi connectivity index (χ1n) is 7.16. The van der Waals surface area contributed by atoms with Crippen LogP contribution in [0.3, 0.4) is 0 Å². The number of halogens is 1. The summed E-state index contributed by atoms with van der Waals surface area (Å²) in [7, 11) is 0. The van der Waals surface area contributed by atoms with E-state index in [-0.39, 0.29) is 0 Å². The van der Waals surface area contributed by atoms with Gasteiger partial charge in [0.1, 0.15) is 0 Å². The van der Waals surface area contributed by atoms with E-state index in [4.69, 9.17) is 0 Å². The minimum Gasteiger partial charge on any atom is -0.368 e. The standard InChI is InChI=1S/C17H18BrN3/c18-16-6-4-5-15(13-16)14-19-21-11-9-20(10-12-21)17-7-2-1-3-8-17/h1-8,13-14H,9-12H2/b19-14+. The van der Waals surface area contributed by atoms with Crippen LogP contribution in [0.5, 0.6) is 0 Å². The van der Waals surface area contributed by atoms with Crippen LogP contribution in [0, 0.1) is 0 Å². The Morgan fingerprint density at radius 1 is 0.905 bits per heavy atom. The molecule has 1 aliphatic rings. The number of hydrogen-bond acceptors (Lipinski definition) is 3. The topological polar surface area (TPSA) is 18.8 Å². The third-order valence-electron chi connectivity index (χ3n) is 3.60. The highest BCUT2D eigenvalue weighted by Gasteiger charge is 2.15. The summed E-state index contributed by atoms with van der Waals surface area (Å²) in [5, 5.41) is 6.72. The monoisotopic (exact) mass is 343 g/mol. The lowest BCUT2D eigenvalue weighted by Crippen LogP contribution is -2.44. The molecule has 0 saturated carbocycles. The summed E-state index contributed by atoms with van der Waals surface area (Å²) in [6.07, 6.45) is 1.93.